The zero-order valence-corrected chi connectivity index (χ0v) is 27.3. The lowest BCUT2D eigenvalue weighted by Crippen LogP contribution is -2.50. The fourth-order valence-corrected chi connectivity index (χ4v) is 10.3. The van der Waals surface area contributed by atoms with Crippen molar-refractivity contribution >= 4 is 29.2 Å². The van der Waals surface area contributed by atoms with Gasteiger partial charge in [-0.2, -0.15) is 9.97 Å². The van der Waals surface area contributed by atoms with E-state index in [4.69, 9.17) is 9.97 Å². The SMILES string of the molecule is C[C@]12C=CC(=O)C=C1CC[C@H]1C2=CC[C@]2(C)[C@@H](C(=O)CN3CCN(c4cc(N5CCCC5)nc(N5CCCC5)n4)CC3)CC[C@@H]12. The minimum absolute atomic E-state index is 0.0394. The van der Waals surface area contributed by atoms with Crippen molar-refractivity contribution in [3.05, 3.63) is 41.5 Å². The molecule has 3 aliphatic heterocycles. The van der Waals surface area contributed by atoms with Gasteiger partial charge in [0, 0.05) is 69.8 Å². The Labute approximate surface area is 268 Å². The highest BCUT2D eigenvalue weighted by atomic mass is 16.1. The molecule has 0 spiro atoms. The normalized spacial score (nSPS) is 34.8. The van der Waals surface area contributed by atoms with E-state index in [-0.39, 0.29) is 22.5 Å². The Morgan fingerprint density at radius 2 is 1.53 bits per heavy atom. The summed E-state index contributed by atoms with van der Waals surface area (Å²) in [5.41, 5.74) is 2.72. The molecule has 0 bridgehead atoms. The maximum atomic E-state index is 14.0. The second-order valence-electron chi connectivity index (χ2n) is 15.4. The lowest BCUT2D eigenvalue weighted by atomic mass is 9.52. The highest BCUT2D eigenvalue weighted by Crippen LogP contribution is 2.64. The van der Waals surface area contributed by atoms with Crippen molar-refractivity contribution < 1.29 is 9.59 Å². The molecule has 0 amide bonds. The fraction of sp³-hybridized carbons (Fsp3) is 0.676. The van der Waals surface area contributed by atoms with E-state index >= 15 is 0 Å². The summed E-state index contributed by atoms with van der Waals surface area (Å²) >= 11 is 0. The molecule has 8 heteroatoms. The van der Waals surface area contributed by atoms with Crippen molar-refractivity contribution in [1.29, 1.82) is 0 Å². The van der Waals surface area contributed by atoms with Crippen LogP contribution in [0.2, 0.25) is 0 Å². The summed E-state index contributed by atoms with van der Waals surface area (Å²) in [7, 11) is 0. The number of carbonyl (C=O) groups excluding carboxylic acids is 2. The summed E-state index contributed by atoms with van der Waals surface area (Å²) in [6.45, 7) is 13.1. The van der Waals surface area contributed by atoms with Gasteiger partial charge in [0.1, 0.15) is 17.4 Å². The lowest BCUT2D eigenvalue weighted by Gasteiger charge is -2.52. The minimum atomic E-state index is -0.117. The van der Waals surface area contributed by atoms with Gasteiger partial charge in [0.25, 0.3) is 0 Å². The number of ketones is 2. The van der Waals surface area contributed by atoms with Gasteiger partial charge in [-0.1, -0.05) is 30.2 Å². The molecule has 240 valence electrons. The molecule has 4 heterocycles. The number of nitrogens with zero attached hydrogens (tertiary/aromatic N) is 6. The second kappa shape index (κ2) is 11.4. The smallest absolute Gasteiger partial charge is 0.229 e. The Hall–Kier alpha value is -3.00. The van der Waals surface area contributed by atoms with Gasteiger partial charge in [-0.25, -0.2) is 0 Å². The van der Waals surface area contributed by atoms with Gasteiger partial charge in [-0.3, -0.25) is 14.5 Å². The highest BCUT2D eigenvalue weighted by Gasteiger charge is 2.57. The van der Waals surface area contributed by atoms with E-state index < -0.39 is 0 Å². The van der Waals surface area contributed by atoms with Crippen LogP contribution in [0, 0.1) is 28.6 Å². The molecule has 0 radical (unpaired) electrons. The van der Waals surface area contributed by atoms with Gasteiger partial charge in [-0.05, 0) is 94.1 Å². The molecule has 0 unspecified atom stereocenters. The van der Waals surface area contributed by atoms with Gasteiger partial charge >= 0.3 is 0 Å². The van der Waals surface area contributed by atoms with Crippen molar-refractivity contribution in [3.63, 3.8) is 0 Å². The predicted octanol–water partition coefficient (Wildman–Crippen LogP) is 5.21. The molecule has 4 aliphatic carbocycles. The molecule has 1 aromatic heterocycles. The first-order chi connectivity index (χ1) is 21.8. The summed E-state index contributed by atoms with van der Waals surface area (Å²) in [4.78, 5) is 45.8. The molecule has 7 aliphatic rings. The Bertz CT molecular complexity index is 1410. The number of piperazine rings is 1. The maximum absolute atomic E-state index is 14.0. The molecule has 1 aromatic rings. The van der Waals surface area contributed by atoms with Crippen LogP contribution in [0.5, 0.6) is 0 Å². The van der Waals surface area contributed by atoms with Gasteiger partial charge in [-0.15, -0.1) is 0 Å². The zero-order chi connectivity index (χ0) is 30.8. The topological polar surface area (TPSA) is 72.9 Å². The van der Waals surface area contributed by atoms with Crippen molar-refractivity contribution in [2.24, 2.45) is 28.6 Å². The first-order valence-corrected chi connectivity index (χ1v) is 17.9. The van der Waals surface area contributed by atoms with Crippen molar-refractivity contribution in [2.75, 3.05) is 73.6 Å². The van der Waals surface area contributed by atoms with E-state index in [1.165, 1.54) is 36.8 Å². The van der Waals surface area contributed by atoms with Crippen LogP contribution in [0.3, 0.4) is 0 Å². The van der Waals surface area contributed by atoms with Crippen LogP contribution >= 0.6 is 0 Å². The van der Waals surface area contributed by atoms with Crippen LogP contribution in [-0.2, 0) is 9.59 Å². The monoisotopic (exact) mass is 610 g/mol. The van der Waals surface area contributed by atoms with E-state index in [1.807, 2.05) is 6.08 Å². The van der Waals surface area contributed by atoms with Crippen LogP contribution in [0.15, 0.2) is 41.5 Å². The molecule has 5 fully saturated rings. The molecule has 2 saturated carbocycles. The highest BCUT2D eigenvalue weighted by molar-refractivity contribution is 6.01. The average Bonchev–Trinajstić information content (AvgIpc) is 3.83. The number of hydrogen-bond acceptors (Lipinski definition) is 8. The summed E-state index contributed by atoms with van der Waals surface area (Å²) in [6, 6.07) is 2.21. The number of hydrogen-bond donors (Lipinski definition) is 0. The van der Waals surface area contributed by atoms with Gasteiger partial charge in [0.2, 0.25) is 5.95 Å². The number of carbonyl (C=O) groups is 2. The Morgan fingerprint density at radius 3 is 2.24 bits per heavy atom. The van der Waals surface area contributed by atoms with Gasteiger partial charge in [0.15, 0.2) is 5.78 Å². The number of allylic oxidation sites excluding steroid dienone is 6. The van der Waals surface area contributed by atoms with Crippen LogP contribution in [0.25, 0.3) is 0 Å². The maximum Gasteiger partial charge on any atom is 0.229 e. The fourth-order valence-electron chi connectivity index (χ4n) is 10.3. The van der Waals surface area contributed by atoms with E-state index in [1.54, 1.807) is 6.08 Å². The molecule has 0 N–H and O–H groups in total. The van der Waals surface area contributed by atoms with E-state index in [9.17, 15) is 9.59 Å². The van der Waals surface area contributed by atoms with Crippen molar-refractivity contribution in [1.82, 2.24) is 14.9 Å². The van der Waals surface area contributed by atoms with E-state index in [0.717, 1.165) is 102 Å². The summed E-state index contributed by atoms with van der Waals surface area (Å²) < 4.78 is 0. The summed E-state index contributed by atoms with van der Waals surface area (Å²) in [6.07, 6.45) is 18.4. The lowest BCUT2D eigenvalue weighted by molar-refractivity contribution is -0.128. The first-order valence-electron chi connectivity index (χ1n) is 17.9. The third kappa shape index (κ3) is 5.06. The van der Waals surface area contributed by atoms with Crippen molar-refractivity contribution in [2.45, 2.75) is 71.6 Å². The first kappa shape index (κ1) is 29.4. The molecule has 8 rings (SSSR count). The zero-order valence-electron chi connectivity index (χ0n) is 27.3. The Balaban J connectivity index is 0.930. The number of rotatable bonds is 6. The Kier molecular flexibility index (Phi) is 7.42. The summed E-state index contributed by atoms with van der Waals surface area (Å²) in [5, 5.41) is 0. The van der Waals surface area contributed by atoms with Crippen LogP contribution < -0.4 is 14.7 Å². The average molecular weight is 611 g/mol. The quantitative estimate of drug-likeness (QED) is 0.407. The molecule has 0 aromatic carbocycles. The number of anilines is 3. The van der Waals surface area contributed by atoms with Crippen LogP contribution in [-0.4, -0.2) is 85.3 Å². The molecule has 8 nitrogen and oxygen atoms in total. The van der Waals surface area contributed by atoms with E-state index in [0.29, 0.717) is 24.2 Å². The molecule has 3 saturated heterocycles. The minimum Gasteiger partial charge on any atom is -0.356 e. The number of Topliss-reactive ketones (excluding diaryl/α,β-unsaturated/α-hetero) is 1. The van der Waals surface area contributed by atoms with Crippen molar-refractivity contribution in [3.8, 4) is 0 Å². The van der Waals surface area contributed by atoms with Crippen LogP contribution in [0.4, 0.5) is 17.6 Å². The molecule has 5 atom stereocenters. The number of aromatic nitrogens is 2. The number of fused-ring (bicyclic) bond motifs is 5. The largest absolute Gasteiger partial charge is 0.356 e. The third-order valence-corrected chi connectivity index (χ3v) is 12.9. The van der Waals surface area contributed by atoms with Gasteiger partial charge in [0.05, 0.1) is 6.54 Å². The van der Waals surface area contributed by atoms with Gasteiger partial charge < -0.3 is 14.7 Å². The van der Waals surface area contributed by atoms with Crippen LogP contribution in [0.1, 0.15) is 71.6 Å². The molecule has 45 heavy (non-hydrogen) atoms. The second-order valence-corrected chi connectivity index (χ2v) is 15.4. The molecular formula is C37H50N6O2. The van der Waals surface area contributed by atoms with E-state index in [2.05, 4.69) is 51.7 Å². The third-order valence-electron chi connectivity index (χ3n) is 12.9. The Morgan fingerprint density at radius 1 is 0.867 bits per heavy atom. The summed E-state index contributed by atoms with van der Waals surface area (Å²) in [5.74, 6) is 4.82. The predicted molar refractivity (Wildman–Crippen MR) is 179 cm³/mol. The molecular weight excluding hydrogens is 560 g/mol. The standard InChI is InChI=1S/C37H50N6O2/c1-36-13-11-27(44)23-26(36)7-8-28-29-9-10-31(37(29,2)14-12-30(28)36)32(45)25-40-19-21-42(22-20-40)34-24-33(41-15-3-4-16-41)38-35(39-34)43-17-5-6-18-43/h11-13,23-24,28-29,31H,3-10,14-22,25H2,1-2H3/t28-,29+,31-,36+,37+/m1/s1.